The van der Waals surface area contributed by atoms with Crippen LogP contribution in [0.15, 0.2) is 36.4 Å². The number of benzene rings is 2. The summed E-state index contributed by atoms with van der Waals surface area (Å²) in [4.78, 5) is 29.7. The maximum absolute atomic E-state index is 13.1. The normalized spacial score (nSPS) is 20.2. The number of amides is 2. The SMILES string of the molecule is COc1cc(C(=O)N2CCN(C(=O)C3CC(c4ccc(Cl)cc4)NN3)CC2)cc(OC)c1OC. The topological polar surface area (TPSA) is 92.4 Å². The van der Waals surface area contributed by atoms with Gasteiger partial charge in [0.05, 0.1) is 21.3 Å². The molecule has 2 fully saturated rings. The van der Waals surface area contributed by atoms with E-state index < -0.39 is 0 Å². The first-order chi connectivity index (χ1) is 16.4. The van der Waals surface area contributed by atoms with E-state index >= 15 is 0 Å². The quantitative estimate of drug-likeness (QED) is 0.644. The Kier molecular flexibility index (Phi) is 7.45. The molecule has 2 N–H and O–H groups in total. The lowest BCUT2D eigenvalue weighted by Crippen LogP contribution is -2.54. The van der Waals surface area contributed by atoms with Crippen LogP contribution in [0.25, 0.3) is 0 Å². The zero-order valence-electron chi connectivity index (χ0n) is 19.5. The van der Waals surface area contributed by atoms with Crippen LogP contribution in [0.1, 0.15) is 28.4 Å². The number of nitrogens with zero attached hydrogens (tertiary/aromatic N) is 2. The maximum Gasteiger partial charge on any atom is 0.254 e. The monoisotopic (exact) mass is 488 g/mol. The highest BCUT2D eigenvalue weighted by Gasteiger charge is 2.35. The molecular formula is C24H29ClN4O5. The fourth-order valence-corrected chi connectivity index (χ4v) is 4.50. The maximum atomic E-state index is 13.1. The summed E-state index contributed by atoms with van der Waals surface area (Å²) in [7, 11) is 4.54. The molecule has 10 heteroatoms. The Balaban J connectivity index is 1.35. The van der Waals surface area contributed by atoms with Gasteiger partial charge in [-0.2, -0.15) is 0 Å². The van der Waals surface area contributed by atoms with E-state index in [0.29, 0.717) is 60.4 Å². The molecule has 2 unspecified atom stereocenters. The minimum atomic E-state index is -0.321. The van der Waals surface area contributed by atoms with Crippen LogP contribution in [0.5, 0.6) is 17.2 Å². The van der Waals surface area contributed by atoms with E-state index in [9.17, 15) is 9.59 Å². The summed E-state index contributed by atoms with van der Waals surface area (Å²) in [6.45, 7) is 1.83. The van der Waals surface area contributed by atoms with E-state index in [2.05, 4.69) is 10.9 Å². The number of rotatable bonds is 6. The Morgan fingerprint density at radius 1 is 0.882 bits per heavy atom. The summed E-state index contributed by atoms with van der Waals surface area (Å²) in [5, 5.41) is 0.682. The predicted molar refractivity (Wildman–Crippen MR) is 127 cm³/mol. The van der Waals surface area contributed by atoms with Gasteiger partial charge in [0.25, 0.3) is 5.91 Å². The second-order valence-electron chi connectivity index (χ2n) is 8.21. The predicted octanol–water partition coefficient (Wildman–Crippen LogP) is 2.26. The smallest absolute Gasteiger partial charge is 0.254 e. The zero-order valence-corrected chi connectivity index (χ0v) is 20.2. The summed E-state index contributed by atoms with van der Waals surface area (Å²) < 4.78 is 16.1. The lowest BCUT2D eigenvalue weighted by atomic mass is 10.0. The van der Waals surface area contributed by atoms with Gasteiger partial charge < -0.3 is 24.0 Å². The molecule has 0 saturated carbocycles. The van der Waals surface area contributed by atoms with Crippen LogP contribution >= 0.6 is 11.6 Å². The van der Waals surface area contributed by atoms with Crippen LogP contribution < -0.4 is 25.1 Å². The van der Waals surface area contributed by atoms with Crippen molar-refractivity contribution in [1.82, 2.24) is 20.7 Å². The number of piperazine rings is 1. The molecule has 0 spiro atoms. The molecule has 9 nitrogen and oxygen atoms in total. The summed E-state index contributed by atoms with van der Waals surface area (Å²) in [5.41, 5.74) is 7.84. The number of halogens is 1. The molecular weight excluding hydrogens is 460 g/mol. The molecule has 34 heavy (non-hydrogen) atoms. The van der Waals surface area contributed by atoms with Gasteiger partial charge in [0, 0.05) is 42.8 Å². The second-order valence-corrected chi connectivity index (χ2v) is 8.65. The Morgan fingerprint density at radius 3 is 2.03 bits per heavy atom. The third kappa shape index (κ3) is 4.91. The largest absolute Gasteiger partial charge is 0.493 e. The average molecular weight is 489 g/mol. The molecule has 2 aliphatic rings. The average Bonchev–Trinajstić information content (AvgIpc) is 3.37. The van der Waals surface area contributed by atoms with E-state index in [1.807, 2.05) is 29.2 Å². The highest BCUT2D eigenvalue weighted by molar-refractivity contribution is 6.30. The van der Waals surface area contributed by atoms with Crippen LogP contribution in [0.4, 0.5) is 0 Å². The van der Waals surface area contributed by atoms with Crippen molar-refractivity contribution in [2.45, 2.75) is 18.5 Å². The van der Waals surface area contributed by atoms with Gasteiger partial charge >= 0.3 is 0 Å². The Hall–Kier alpha value is -3.01. The van der Waals surface area contributed by atoms with E-state index in [4.69, 9.17) is 25.8 Å². The van der Waals surface area contributed by atoms with Crippen molar-refractivity contribution < 1.29 is 23.8 Å². The van der Waals surface area contributed by atoms with Gasteiger partial charge in [-0.1, -0.05) is 23.7 Å². The fourth-order valence-electron chi connectivity index (χ4n) is 4.37. The van der Waals surface area contributed by atoms with Gasteiger partial charge in [0.1, 0.15) is 6.04 Å². The summed E-state index contributed by atoms with van der Waals surface area (Å²) in [6.07, 6.45) is 0.644. The molecule has 2 aliphatic heterocycles. The molecule has 2 aromatic carbocycles. The summed E-state index contributed by atoms with van der Waals surface area (Å²) >= 11 is 5.97. The van der Waals surface area contributed by atoms with Gasteiger partial charge in [-0.05, 0) is 36.2 Å². The van der Waals surface area contributed by atoms with Crippen LogP contribution in [0.2, 0.25) is 5.02 Å². The van der Waals surface area contributed by atoms with Crippen molar-refractivity contribution in [2.24, 2.45) is 0 Å². The minimum absolute atomic E-state index is 0.0313. The van der Waals surface area contributed by atoms with Gasteiger partial charge in [-0.25, -0.2) is 10.9 Å². The highest BCUT2D eigenvalue weighted by atomic mass is 35.5. The van der Waals surface area contributed by atoms with Gasteiger partial charge in [-0.15, -0.1) is 0 Å². The second kappa shape index (κ2) is 10.5. The van der Waals surface area contributed by atoms with Crippen LogP contribution in [-0.4, -0.2) is 75.2 Å². The van der Waals surface area contributed by atoms with Crippen LogP contribution in [0.3, 0.4) is 0 Å². The first-order valence-electron chi connectivity index (χ1n) is 11.1. The number of nitrogens with one attached hydrogen (secondary N) is 2. The highest BCUT2D eigenvalue weighted by Crippen LogP contribution is 2.38. The van der Waals surface area contributed by atoms with Crippen molar-refractivity contribution in [3.63, 3.8) is 0 Å². The van der Waals surface area contributed by atoms with E-state index in [0.717, 1.165) is 5.56 Å². The third-order valence-corrected chi connectivity index (χ3v) is 6.52. The third-order valence-electron chi connectivity index (χ3n) is 6.26. The van der Waals surface area contributed by atoms with E-state index in [1.54, 1.807) is 17.0 Å². The lowest BCUT2D eigenvalue weighted by Gasteiger charge is -2.36. The Morgan fingerprint density at radius 2 is 1.47 bits per heavy atom. The molecule has 0 aliphatic carbocycles. The van der Waals surface area contributed by atoms with E-state index in [-0.39, 0.29) is 23.9 Å². The molecule has 2 aromatic rings. The van der Waals surface area contributed by atoms with Gasteiger partial charge in [0.15, 0.2) is 11.5 Å². The molecule has 0 bridgehead atoms. The Bertz CT molecular complexity index is 1020. The van der Waals surface area contributed by atoms with Crippen molar-refractivity contribution in [3.05, 3.63) is 52.5 Å². The number of hydrazine groups is 1. The van der Waals surface area contributed by atoms with Crippen LogP contribution in [-0.2, 0) is 4.79 Å². The van der Waals surface area contributed by atoms with Gasteiger partial charge in [0.2, 0.25) is 11.7 Å². The molecule has 0 radical (unpaired) electrons. The lowest BCUT2D eigenvalue weighted by molar-refractivity contribution is -0.134. The summed E-state index contributed by atoms with van der Waals surface area (Å²) in [5.74, 6) is 1.17. The van der Waals surface area contributed by atoms with Crippen molar-refractivity contribution in [2.75, 3.05) is 47.5 Å². The van der Waals surface area contributed by atoms with Crippen molar-refractivity contribution in [3.8, 4) is 17.2 Å². The number of carbonyl (C=O) groups excluding carboxylic acids is 2. The molecule has 2 amide bonds. The molecule has 2 atom stereocenters. The fraction of sp³-hybridized carbons (Fsp3) is 0.417. The van der Waals surface area contributed by atoms with E-state index in [1.165, 1.54) is 21.3 Å². The van der Waals surface area contributed by atoms with Crippen LogP contribution in [0, 0.1) is 0 Å². The molecule has 2 heterocycles. The number of carbonyl (C=O) groups is 2. The molecule has 2 saturated heterocycles. The van der Waals surface area contributed by atoms with Gasteiger partial charge in [-0.3, -0.25) is 9.59 Å². The first kappa shape index (κ1) is 24.1. The standard InChI is InChI=1S/C24H29ClN4O5/c1-32-20-12-16(13-21(33-2)22(20)34-3)23(30)28-8-10-29(11-9-28)24(31)19-14-18(26-27-19)15-4-6-17(25)7-5-15/h4-7,12-13,18-19,26-27H,8-11,14H2,1-3H3. The number of methoxy groups -OCH3 is 3. The Labute approximate surface area is 203 Å². The molecule has 0 aromatic heterocycles. The molecule has 4 rings (SSSR count). The summed E-state index contributed by atoms with van der Waals surface area (Å²) in [6, 6.07) is 10.6. The first-order valence-corrected chi connectivity index (χ1v) is 11.5. The number of hydrogen-bond donors (Lipinski definition) is 2. The van der Waals surface area contributed by atoms with Crippen molar-refractivity contribution in [1.29, 1.82) is 0 Å². The number of hydrogen-bond acceptors (Lipinski definition) is 7. The van der Waals surface area contributed by atoms with Crippen molar-refractivity contribution >= 4 is 23.4 Å². The number of ether oxygens (including phenoxy) is 3. The molecule has 182 valence electrons. The minimum Gasteiger partial charge on any atom is -0.493 e. The zero-order chi connectivity index (χ0) is 24.2.